The van der Waals surface area contributed by atoms with Crippen molar-refractivity contribution in [1.82, 2.24) is 19.9 Å². The van der Waals surface area contributed by atoms with E-state index in [-0.39, 0.29) is 5.69 Å². The zero-order chi connectivity index (χ0) is 21.5. The molecule has 0 aliphatic rings. The molecular formula is C20H23N7O3. The van der Waals surface area contributed by atoms with Crippen LogP contribution in [0.15, 0.2) is 48.8 Å². The number of pyridine rings is 1. The number of likely N-dealkylation sites (N-methyl/N-ethyl adjacent to an activating group) is 1. The average molecular weight is 409 g/mol. The van der Waals surface area contributed by atoms with E-state index in [0.29, 0.717) is 35.4 Å². The molecule has 0 saturated carbocycles. The van der Waals surface area contributed by atoms with Crippen molar-refractivity contribution >= 4 is 23.1 Å². The van der Waals surface area contributed by atoms with Gasteiger partial charge in [0.1, 0.15) is 17.3 Å². The number of anilines is 3. The Morgan fingerprint density at radius 2 is 1.90 bits per heavy atom. The van der Waals surface area contributed by atoms with Gasteiger partial charge in [0.15, 0.2) is 0 Å². The second-order valence-corrected chi connectivity index (χ2v) is 6.69. The Kier molecular flexibility index (Phi) is 6.71. The third-order valence-electron chi connectivity index (χ3n) is 4.21. The Balaban J connectivity index is 1.96. The van der Waals surface area contributed by atoms with Gasteiger partial charge in [-0.1, -0.05) is 0 Å². The van der Waals surface area contributed by atoms with Gasteiger partial charge < -0.3 is 20.3 Å². The van der Waals surface area contributed by atoms with Gasteiger partial charge in [0.25, 0.3) is 5.69 Å². The summed E-state index contributed by atoms with van der Waals surface area (Å²) in [6.07, 6.45) is 3.36. The minimum absolute atomic E-state index is 0.111. The molecule has 0 bridgehead atoms. The molecule has 2 aromatic heterocycles. The van der Waals surface area contributed by atoms with Crippen LogP contribution in [0, 0.1) is 10.1 Å². The molecule has 0 amide bonds. The highest BCUT2D eigenvalue weighted by Gasteiger charge is 2.17. The lowest BCUT2D eigenvalue weighted by Crippen LogP contribution is -2.21. The lowest BCUT2D eigenvalue weighted by atomic mass is 10.2. The summed E-state index contributed by atoms with van der Waals surface area (Å²) >= 11 is 0. The number of nitrogens with one attached hydrogen (secondary N) is 2. The maximum atomic E-state index is 11.5. The molecule has 0 unspecified atom stereocenters. The number of hydrogen-bond acceptors (Lipinski definition) is 9. The van der Waals surface area contributed by atoms with Crippen molar-refractivity contribution in [2.24, 2.45) is 0 Å². The first-order valence-electron chi connectivity index (χ1n) is 9.24. The Morgan fingerprint density at radius 1 is 1.13 bits per heavy atom. The topological polar surface area (TPSA) is 118 Å². The van der Waals surface area contributed by atoms with Crippen molar-refractivity contribution in [1.29, 1.82) is 0 Å². The van der Waals surface area contributed by atoms with Crippen LogP contribution in [0.2, 0.25) is 0 Å². The third-order valence-corrected chi connectivity index (χ3v) is 4.21. The van der Waals surface area contributed by atoms with Crippen LogP contribution in [0.25, 0.3) is 11.3 Å². The molecule has 3 rings (SSSR count). The van der Waals surface area contributed by atoms with Gasteiger partial charge in [-0.25, -0.2) is 4.98 Å². The first-order chi connectivity index (χ1) is 14.5. The van der Waals surface area contributed by atoms with E-state index in [1.54, 1.807) is 30.6 Å². The van der Waals surface area contributed by atoms with Crippen LogP contribution in [0.1, 0.15) is 0 Å². The van der Waals surface area contributed by atoms with Crippen molar-refractivity contribution in [2.45, 2.75) is 0 Å². The Hall–Kier alpha value is -3.79. The fourth-order valence-corrected chi connectivity index (χ4v) is 2.69. The highest BCUT2D eigenvalue weighted by Crippen LogP contribution is 2.32. The second kappa shape index (κ2) is 9.61. The number of hydrogen-bond donors (Lipinski definition) is 2. The summed E-state index contributed by atoms with van der Waals surface area (Å²) in [5, 5.41) is 17.7. The Labute approximate surface area is 174 Å². The number of nitro groups is 1. The summed E-state index contributed by atoms with van der Waals surface area (Å²) < 4.78 is 5.09. The Morgan fingerprint density at radius 3 is 2.57 bits per heavy atom. The molecule has 0 fully saturated rings. The van der Waals surface area contributed by atoms with Crippen LogP contribution in [0.3, 0.4) is 0 Å². The molecule has 0 saturated heterocycles. The number of aromatic nitrogens is 3. The fraction of sp³-hybridized carbons (Fsp3) is 0.250. The van der Waals surface area contributed by atoms with Crippen LogP contribution >= 0.6 is 0 Å². The normalized spacial score (nSPS) is 10.7. The van der Waals surface area contributed by atoms with E-state index in [1.165, 1.54) is 13.2 Å². The molecule has 3 aromatic rings. The molecule has 2 N–H and O–H groups in total. The van der Waals surface area contributed by atoms with E-state index in [0.717, 1.165) is 12.1 Å². The van der Waals surface area contributed by atoms with Crippen LogP contribution in [0.4, 0.5) is 23.1 Å². The van der Waals surface area contributed by atoms with Crippen molar-refractivity contribution in [2.75, 3.05) is 44.9 Å². The predicted octanol–water partition coefficient (Wildman–Crippen LogP) is 3.17. The SMILES string of the molecule is COc1ccc(Nc2cc(-c3ccncc3)nc(NCCN(C)C)n2)c([N+](=O)[O-])c1. The van der Waals surface area contributed by atoms with Gasteiger partial charge in [0.2, 0.25) is 5.95 Å². The monoisotopic (exact) mass is 409 g/mol. The number of methoxy groups -OCH3 is 1. The highest BCUT2D eigenvalue weighted by molar-refractivity contribution is 5.72. The highest BCUT2D eigenvalue weighted by atomic mass is 16.6. The zero-order valence-corrected chi connectivity index (χ0v) is 17.0. The molecule has 30 heavy (non-hydrogen) atoms. The molecule has 0 aliphatic heterocycles. The minimum Gasteiger partial charge on any atom is -0.496 e. The largest absolute Gasteiger partial charge is 0.496 e. The first kappa shape index (κ1) is 20.9. The number of benzene rings is 1. The minimum atomic E-state index is -0.466. The van der Waals surface area contributed by atoms with Crippen LogP contribution in [-0.2, 0) is 0 Å². The van der Waals surface area contributed by atoms with E-state index in [4.69, 9.17) is 4.74 Å². The summed E-state index contributed by atoms with van der Waals surface area (Å²) in [5.41, 5.74) is 1.72. The standard InChI is InChI=1S/C20H23N7O3/c1-26(2)11-10-22-20-24-17(14-6-8-21-9-7-14)13-19(25-20)23-16-5-4-15(30-3)12-18(16)27(28)29/h4-9,12-13H,10-11H2,1-3H3,(H2,22,23,24,25). The molecule has 10 nitrogen and oxygen atoms in total. The molecule has 10 heteroatoms. The van der Waals surface area contributed by atoms with E-state index >= 15 is 0 Å². The maximum Gasteiger partial charge on any atom is 0.296 e. The van der Waals surface area contributed by atoms with Crippen LogP contribution in [0.5, 0.6) is 5.75 Å². The third kappa shape index (κ3) is 5.39. The number of rotatable bonds is 9. The lowest BCUT2D eigenvalue weighted by molar-refractivity contribution is -0.384. The quantitative estimate of drug-likeness (QED) is 0.406. The number of nitrogens with zero attached hydrogens (tertiary/aromatic N) is 5. The lowest BCUT2D eigenvalue weighted by Gasteiger charge is -2.13. The summed E-state index contributed by atoms with van der Waals surface area (Å²) in [6, 6.07) is 10.0. The average Bonchev–Trinajstić information content (AvgIpc) is 2.74. The molecule has 0 atom stereocenters. The van der Waals surface area contributed by atoms with Gasteiger partial charge in [-0.05, 0) is 38.4 Å². The van der Waals surface area contributed by atoms with E-state index in [9.17, 15) is 10.1 Å². The summed E-state index contributed by atoms with van der Waals surface area (Å²) in [5.74, 6) is 1.25. The molecule has 156 valence electrons. The maximum absolute atomic E-state index is 11.5. The van der Waals surface area contributed by atoms with Gasteiger partial charge in [0, 0.05) is 37.1 Å². The van der Waals surface area contributed by atoms with E-state index in [2.05, 4.69) is 25.6 Å². The van der Waals surface area contributed by atoms with Crippen molar-refractivity contribution in [3.05, 3.63) is 58.9 Å². The van der Waals surface area contributed by atoms with Gasteiger partial charge >= 0.3 is 0 Å². The summed E-state index contributed by atoms with van der Waals surface area (Å²) in [6.45, 7) is 1.45. The molecule has 0 aliphatic carbocycles. The second-order valence-electron chi connectivity index (χ2n) is 6.69. The van der Waals surface area contributed by atoms with Crippen molar-refractivity contribution in [3.8, 4) is 17.0 Å². The first-order valence-corrected chi connectivity index (χ1v) is 9.24. The van der Waals surface area contributed by atoms with Gasteiger partial charge in [-0.2, -0.15) is 4.98 Å². The van der Waals surface area contributed by atoms with E-state index < -0.39 is 4.92 Å². The van der Waals surface area contributed by atoms with Gasteiger partial charge in [-0.15, -0.1) is 0 Å². The predicted molar refractivity (Wildman–Crippen MR) is 115 cm³/mol. The van der Waals surface area contributed by atoms with Crippen molar-refractivity contribution in [3.63, 3.8) is 0 Å². The summed E-state index contributed by atoms with van der Waals surface area (Å²) in [4.78, 5) is 26.1. The molecule has 2 heterocycles. The van der Waals surface area contributed by atoms with Gasteiger partial charge in [-0.3, -0.25) is 15.1 Å². The van der Waals surface area contributed by atoms with Crippen molar-refractivity contribution < 1.29 is 9.66 Å². The number of nitro benzene ring substituents is 1. The number of ether oxygens (including phenoxy) is 1. The molecule has 1 aromatic carbocycles. The summed E-state index contributed by atoms with van der Waals surface area (Å²) in [7, 11) is 5.42. The molecule has 0 spiro atoms. The molecule has 0 radical (unpaired) electrons. The molecular weight excluding hydrogens is 386 g/mol. The fourth-order valence-electron chi connectivity index (χ4n) is 2.69. The van der Waals surface area contributed by atoms with Gasteiger partial charge in [0.05, 0.1) is 23.8 Å². The zero-order valence-electron chi connectivity index (χ0n) is 17.0. The van der Waals surface area contributed by atoms with Crippen LogP contribution < -0.4 is 15.4 Å². The smallest absolute Gasteiger partial charge is 0.296 e. The Bertz CT molecular complexity index is 1010. The van der Waals surface area contributed by atoms with E-state index in [1.807, 2.05) is 31.1 Å². The van der Waals surface area contributed by atoms with Crippen LogP contribution in [-0.4, -0.2) is 59.1 Å².